The fourth-order valence-corrected chi connectivity index (χ4v) is 3.60. The number of ether oxygens (including phenoxy) is 1. The Morgan fingerprint density at radius 1 is 1.00 bits per heavy atom. The van der Waals surface area contributed by atoms with E-state index in [9.17, 15) is 5.11 Å². The Labute approximate surface area is 167 Å². The highest BCUT2D eigenvalue weighted by atomic mass is 35.5. The molecule has 27 heavy (non-hydrogen) atoms. The molecule has 1 N–H and O–H groups in total. The molecule has 3 rings (SSSR count). The van der Waals surface area contributed by atoms with Gasteiger partial charge in [0.1, 0.15) is 18.5 Å². The minimum atomic E-state index is -0.478. The van der Waals surface area contributed by atoms with Gasteiger partial charge in [0.15, 0.2) is 0 Å². The minimum absolute atomic E-state index is 0.328. The third kappa shape index (κ3) is 6.22. The lowest BCUT2D eigenvalue weighted by atomic mass is 10.1. The number of benzene rings is 2. The molecule has 1 atom stereocenters. The first-order valence-corrected chi connectivity index (χ1v) is 9.94. The van der Waals surface area contributed by atoms with Crippen LogP contribution >= 0.6 is 11.6 Å². The van der Waals surface area contributed by atoms with Crippen molar-refractivity contribution >= 4 is 11.6 Å². The first kappa shape index (κ1) is 20.2. The number of β-amino-alcohol motifs (C(OH)–C–C–N with tert-alkyl or cyclic N) is 1. The fraction of sp³-hybridized carbons (Fsp3) is 0.455. The van der Waals surface area contributed by atoms with Gasteiger partial charge in [-0.05, 0) is 43.2 Å². The molecule has 0 radical (unpaired) electrons. The number of aliphatic hydroxyl groups is 1. The van der Waals surface area contributed by atoms with Crippen LogP contribution in [-0.2, 0) is 6.54 Å². The van der Waals surface area contributed by atoms with Gasteiger partial charge in [0.25, 0.3) is 0 Å². The maximum absolute atomic E-state index is 10.3. The Kier molecular flexibility index (Phi) is 7.13. The summed E-state index contributed by atoms with van der Waals surface area (Å²) in [5.74, 6) is 0.854. The van der Waals surface area contributed by atoms with E-state index in [2.05, 4.69) is 34.9 Å². The highest BCUT2D eigenvalue weighted by Crippen LogP contribution is 2.19. The molecule has 0 spiro atoms. The number of aliphatic hydroxyl groups excluding tert-OH is 1. The first-order valence-electron chi connectivity index (χ1n) is 9.57. The standard InChI is InChI=1S/C22H29ClN2O2/c1-17-3-8-22(18(2)13-17)27-16-21(26)15-25-11-9-24(10-12-25)14-19-4-6-20(23)7-5-19/h3-8,13,21,26H,9-12,14-16H2,1-2H3/t21-/m0/s1. The lowest BCUT2D eigenvalue weighted by molar-refractivity contribution is 0.0445. The summed E-state index contributed by atoms with van der Waals surface area (Å²) in [4.78, 5) is 4.76. The SMILES string of the molecule is Cc1ccc(OC[C@@H](O)CN2CCN(Cc3ccc(Cl)cc3)CC2)c(C)c1. The zero-order valence-corrected chi connectivity index (χ0v) is 17.0. The second kappa shape index (κ2) is 9.56. The van der Waals surface area contributed by atoms with Gasteiger partial charge in [0.05, 0.1) is 0 Å². The Balaban J connectivity index is 1.38. The quantitative estimate of drug-likeness (QED) is 0.787. The second-order valence-electron chi connectivity index (χ2n) is 7.44. The van der Waals surface area contributed by atoms with E-state index in [0.717, 1.165) is 49.1 Å². The molecule has 1 saturated heterocycles. The number of rotatable bonds is 7. The summed E-state index contributed by atoms with van der Waals surface area (Å²) >= 11 is 5.95. The normalized spacial score (nSPS) is 17.0. The van der Waals surface area contributed by atoms with Crippen molar-refractivity contribution in [1.82, 2.24) is 9.80 Å². The summed E-state index contributed by atoms with van der Waals surface area (Å²) in [6.45, 7) is 9.98. The van der Waals surface area contributed by atoms with Crippen molar-refractivity contribution in [2.45, 2.75) is 26.5 Å². The summed E-state index contributed by atoms with van der Waals surface area (Å²) < 4.78 is 5.81. The van der Waals surface area contributed by atoms with Gasteiger partial charge in [-0.25, -0.2) is 0 Å². The van der Waals surface area contributed by atoms with Gasteiger partial charge in [-0.2, -0.15) is 0 Å². The number of piperazine rings is 1. The summed E-state index contributed by atoms with van der Waals surface area (Å²) in [6, 6.07) is 14.2. The van der Waals surface area contributed by atoms with Crippen molar-refractivity contribution in [3.05, 3.63) is 64.2 Å². The lowest BCUT2D eigenvalue weighted by Crippen LogP contribution is -2.48. The first-order chi connectivity index (χ1) is 13.0. The molecular weight excluding hydrogens is 360 g/mol. The number of hydrogen-bond acceptors (Lipinski definition) is 4. The minimum Gasteiger partial charge on any atom is -0.491 e. The molecule has 2 aromatic carbocycles. The Morgan fingerprint density at radius 3 is 2.33 bits per heavy atom. The molecule has 0 aliphatic carbocycles. The fourth-order valence-electron chi connectivity index (χ4n) is 3.48. The maximum Gasteiger partial charge on any atom is 0.122 e. The van der Waals surface area contributed by atoms with Crippen LogP contribution in [0.5, 0.6) is 5.75 Å². The summed E-state index contributed by atoms with van der Waals surface area (Å²) in [5, 5.41) is 11.1. The van der Waals surface area contributed by atoms with E-state index in [4.69, 9.17) is 16.3 Å². The molecule has 1 fully saturated rings. The average molecular weight is 389 g/mol. The van der Waals surface area contributed by atoms with Crippen LogP contribution in [0.4, 0.5) is 0 Å². The van der Waals surface area contributed by atoms with Gasteiger partial charge >= 0.3 is 0 Å². The molecule has 5 heteroatoms. The zero-order chi connectivity index (χ0) is 19.2. The van der Waals surface area contributed by atoms with E-state index < -0.39 is 6.10 Å². The van der Waals surface area contributed by atoms with E-state index >= 15 is 0 Å². The zero-order valence-electron chi connectivity index (χ0n) is 16.2. The topological polar surface area (TPSA) is 35.9 Å². The molecule has 0 amide bonds. The molecule has 1 aliphatic rings. The monoisotopic (exact) mass is 388 g/mol. The third-order valence-electron chi connectivity index (χ3n) is 5.01. The molecule has 1 heterocycles. The van der Waals surface area contributed by atoms with Gasteiger partial charge < -0.3 is 9.84 Å². The van der Waals surface area contributed by atoms with Gasteiger partial charge in [-0.1, -0.05) is 41.4 Å². The molecule has 0 bridgehead atoms. The van der Waals surface area contributed by atoms with Crippen LogP contribution < -0.4 is 4.74 Å². The Morgan fingerprint density at radius 2 is 1.67 bits per heavy atom. The molecule has 2 aromatic rings. The number of nitrogens with zero attached hydrogens (tertiary/aromatic N) is 2. The van der Waals surface area contributed by atoms with Gasteiger partial charge in [-0.3, -0.25) is 9.80 Å². The van der Waals surface area contributed by atoms with E-state index in [-0.39, 0.29) is 0 Å². The van der Waals surface area contributed by atoms with Gasteiger partial charge in [0.2, 0.25) is 0 Å². The lowest BCUT2D eigenvalue weighted by Gasteiger charge is -2.35. The van der Waals surface area contributed by atoms with Crippen LogP contribution in [-0.4, -0.2) is 60.3 Å². The Hall–Kier alpha value is -1.59. The van der Waals surface area contributed by atoms with Crippen LogP contribution in [0.15, 0.2) is 42.5 Å². The summed E-state index contributed by atoms with van der Waals surface area (Å²) in [6.07, 6.45) is -0.478. The molecule has 0 aromatic heterocycles. The predicted octanol–water partition coefficient (Wildman–Crippen LogP) is 3.51. The van der Waals surface area contributed by atoms with Gasteiger partial charge in [-0.15, -0.1) is 0 Å². The van der Waals surface area contributed by atoms with Crippen molar-refractivity contribution in [3.8, 4) is 5.75 Å². The average Bonchev–Trinajstić information content (AvgIpc) is 2.64. The van der Waals surface area contributed by atoms with Crippen LogP contribution in [0.2, 0.25) is 5.02 Å². The molecule has 0 saturated carbocycles. The molecule has 0 unspecified atom stereocenters. The van der Waals surface area contributed by atoms with E-state index in [1.54, 1.807) is 0 Å². The van der Waals surface area contributed by atoms with Crippen molar-refractivity contribution < 1.29 is 9.84 Å². The molecule has 146 valence electrons. The van der Waals surface area contributed by atoms with Crippen LogP contribution in [0, 0.1) is 13.8 Å². The number of halogens is 1. The Bertz CT molecular complexity index is 728. The second-order valence-corrected chi connectivity index (χ2v) is 7.87. The smallest absolute Gasteiger partial charge is 0.122 e. The van der Waals surface area contributed by atoms with Gasteiger partial charge in [0, 0.05) is 44.3 Å². The van der Waals surface area contributed by atoms with Crippen molar-refractivity contribution in [3.63, 3.8) is 0 Å². The number of aryl methyl sites for hydroxylation is 2. The largest absolute Gasteiger partial charge is 0.491 e. The molecular formula is C22H29ClN2O2. The van der Waals surface area contributed by atoms with E-state index in [1.165, 1.54) is 11.1 Å². The van der Waals surface area contributed by atoms with Crippen LogP contribution in [0.3, 0.4) is 0 Å². The van der Waals surface area contributed by atoms with Crippen LogP contribution in [0.1, 0.15) is 16.7 Å². The highest BCUT2D eigenvalue weighted by Gasteiger charge is 2.19. The highest BCUT2D eigenvalue weighted by molar-refractivity contribution is 6.30. The maximum atomic E-state index is 10.3. The molecule has 1 aliphatic heterocycles. The number of hydrogen-bond donors (Lipinski definition) is 1. The van der Waals surface area contributed by atoms with E-state index in [1.807, 2.05) is 31.2 Å². The summed E-state index contributed by atoms with van der Waals surface area (Å²) in [5.41, 5.74) is 3.62. The van der Waals surface area contributed by atoms with E-state index in [0.29, 0.717) is 13.2 Å². The third-order valence-corrected chi connectivity index (χ3v) is 5.27. The molecule has 4 nitrogen and oxygen atoms in total. The summed E-state index contributed by atoms with van der Waals surface area (Å²) in [7, 11) is 0. The van der Waals surface area contributed by atoms with Crippen LogP contribution in [0.25, 0.3) is 0 Å². The van der Waals surface area contributed by atoms with Crippen molar-refractivity contribution in [1.29, 1.82) is 0 Å². The predicted molar refractivity (Wildman–Crippen MR) is 111 cm³/mol. The van der Waals surface area contributed by atoms with Crippen molar-refractivity contribution in [2.75, 3.05) is 39.3 Å². The van der Waals surface area contributed by atoms with Crippen molar-refractivity contribution in [2.24, 2.45) is 0 Å².